The molecule has 0 aromatic carbocycles. The minimum Gasteiger partial charge on any atom is -0.748 e. The van der Waals surface area contributed by atoms with Crippen LogP contribution >= 0.6 is 0 Å². The Bertz CT molecular complexity index is 387. The third kappa shape index (κ3) is 19.6. The Kier molecular flexibility index (Phi) is 21.5. The van der Waals surface area contributed by atoms with Gasteiger partial charge in [0.25, 0.3) is 0 Å². The van der Waals surface area contributed by atoms with E-state index < -0.39 is 10.1 Å². The van der Waals surface area contributed by atoms with Gasteiger partial charge in [-0.2, -0.15) is 0 Å². The Morgan fingerprint density at radius 3 is 1.73 bits per heavy atom. The minimum atomic E-state index is -4.16. The monoisotopic (exact) mass is 400 g/mol. The van der Waals surface area contributed by atoms with Gasteiger partial charge in [0, 0.05) is 5.75 Å². The summed E-state index contributed by atoms with van der Waals surface area (Å²) in [6.07, 6.45) is 15.4. The molecule has 0 bridgehead atoms. The molecule has 0 fully saturated rings. The van der Waals surface area contributed by atoms with Crippen LogP contribution in [0, 0.1) is 0 Å². The molecule has 0 saturated carbocycles. The molecule has 0 aliphatic carbocycles. The van der Waals surface area contributed by atoms with Crippen molar-refractivity contribution in [2.24, 2.45) is 0 Å². The fourth-order valence-electron chi connectivity index (χ4n) is 3.15. The Balaban J connectivity index is 0. The summed E-state index contributed by atoms with van der Waals surface area (Å²) in [5.41, 5.74) is 0. The van der Waals surface area contributed by atoms with Gasteiger partial charge in [0.2, 0.25) is 0 Å². The third-order valence-corrected chi connectivity index (χ3v) is 5.53. The number of ether oxygens (including phenoxy) is 1. The zero-order chi connectivity index (χ0) is 19.0. The van der Waals surface area contributed by atoms with Gasteiger partial charge in [-0.25, -0.2) is 8.42 Å². The second-order valence-corrected chi connectivity index (χ2v) is 8.77. The maximum atomic E-state index is 11.0. The topological polar surface area (TPSA) is 66.4 Å². The average molecular weight is 401 g/mol. The van der Waals surface area contributed by atoms with Gasteiger partial charge in [0.1, 0.15) is 0 Å². The van der Waals surface area contributed by atoms with Gasteiger partial charge in [-0.3, -0.25) is 0 Å². The van der Waals surface area contributed by atoms with Crippen LogP contribution in [0.2, 0.25) is 0 Å². The Hall–Kier alpha value is 0.870. The van der Waals surface area contributed by atoms with E-state index in [1.165, 1.54) is 51.4 Å². The minimum absolute atomic E-state index is 0. The van der Waals surface area contributed by atoms with Gasteiger partial charge in [0.15, 0.2) is 0 Å². The van der Waals surface area contributed by atoms with E-state index >= 15 is 0 Å². The predicted octanol–water partition coefficient (Wildman–Crippen LogP) is 2.81. The molecule has 0 amide bonds. The summed E-state index contributed by atoms with van der Waals surface area (Å²) in [7, 11) is -4.16. The van der Waals surface area contributed by atoms with Crippen molar-refractivity contribution in [1.29, 1.82) is 0 Å². The number of hydrogen-bond acceptors (Lipinski definition) is 4. The van der Waals surface area contributed by atoms with E-state index in [4.69, 9.17) is 4.74 Å². The smallest absolute Gasteiger partial charge is 0.748 e. The summed E-state index contributed by atoms with van der Waals surface area (Å²) in [4.78, 5) is 0. The molecule has 4 nitrogen and oxygen atoms in total. The molecule has 152 valence electrons. The average Bonchev–Trinajstić information content (AvgIpc) is 2.56. The molecule has 0 aromatic rings. The Morgan fingerprint density at radius 2 is 1.19 bits per heavy atom. The van der Waals surface area contributed by atoms with Crippen molar-refractivity contribution in [3.63, 3.8) is 0 Å². The molecule has 0 spiro atoms. The molecule has 2 atom stereocenters. The SMILES string of the molecule is CCCCCCCCCC(CCS(=O)(=O)[O-])OC(CC)CCCCC.[Na+]. The van der Waals surface area contributed by atoms with Crippen LogP contribution in [0.5, 0.6) is 0 Å². The maximum Gasteiger partial charge on any atom is 1.00 e. The number of hydrogen-bond donors (Lipinski definition) is 0. The first-order chi connectivity index (χ1) is 11.9. The van der Waals surface area contributed by atoms with Gasteiger partial charge < -0.3 is 9.29 Å². The van der Waals surface area contributed by atoms with Crippen LogP contribution in [0.25, 0.3) is 0 Å². The van der Waals surface area contributed by atoms with Gasteiger partial charge >= 0.3 is 29.6 Å². The molecule has 0 N–H and O–H groups in total. The van der Waals surface area contributed by atoms with Crippen LogP contribution in [0.1, 0.15) is 111 Å². The normalized spacial score (nSPS) is 14.0. The first kappa shape index (κ1) is 29.1. The molecular weight excluding hydrogens is 359 g/mol. The van der Waals surface area contributed by atoms with Crippen LogP contribution < -0.4 is 29.6 Å². The van der Waals surface area contributed by atoms with Crippen molar-refractivity contribution in [2.75, 3.05) is 5.75 Å². The van der Waals surface area contributed by atoms with E-state index in [2.05, 4.69) is 20.8 Å². The molecule has 0 aliphatic rings. The summed E-state index contributed by atoms with van der Waals surface area (Å²) < 4.78 is 39.1. The van der Waals surface area contributed by atoms with Crippen molar-refractivity contribution < 1.29 is 47.3 Å². The van der Waals surface area contributed by atoms with Crippen LogP contribution in [-0.2, 0) is 14.9 Å². The molecule has 2 unspecified atom stereocenters. The molecule has 6 heteroatoms. The van der Waals surface area contributed by atoms with E-state index in [0.29, 0.717) is 6.42 Å². The van der Waals surface area contributed by atoms with Crippen molar-refractivity contribution in [1.82, 2.24) is 0 Å². The summed E-state index contributed by atoms with van der Waals surface area (Å²) in [6, 6.07) is 0. The molecule has 0 radical (unpaired) electrons. The zero-order valence-electron chi connectivity index (χ0n) is 17.8. The van der Waals surface area contributed by atoms with Crippen LogP contribution in [0.3, 0.4) is 0 Å². The first-order valence-electron chi connectivity index (χ1n) is 10.5. The molecule has 0 saturated heterocycles. The quantitative estimate of drug-likeness (QED) is 0.202. The van der Waals surface area contributed by atoms with Gasteiger partial charge in [0.05, 0.1) is 22.3 Å². The standard InChI is InChI=1S/C20H42O4S.Na/c1-4-7-9-10-11-12-14-16-20(17-18-25(21,22)23)24-19(6-3)15-13-8-5-2;/h19-20H,4-18H2,1-3H3,(H,21,22,23);/q;+1/p-1. The molecular formula is C20H41NaO4S. The summed E-state index contributed by atoms with van der Waals surface area (Å²) in [6.45, 7) is 6.52. The van der Waals surface area contributed by atoms with Crippen molar-refractivity contribution >= 4 is 10.1 Å². The van der Waals surface area contributed by atoms with E-state index in [1.54, 1.807) is 0 Å². The number of unbranched alkanes of at least 4 members (excludes halogenated alkanes) is 8. The molecule has 0 aliphatic heterocycles. The fraction of sp³-hybridized carbons (Fsp3) is 1.00. The second-order valence-electron chi connectivity index (χ2n) is 7.24. The Labute approximate surface area is 185 Å². The van der Waals surface area contributed by atoms with Crippen molar-refractivity contribution in [2.45, 2.75) is 123 Å². The zero-order valence-corrected chi connectivity index (χ0v) is 20.6. The van der Waals surface area contributed by atoms with Gasteiger partial charge in [-0.1, -0.05) is 85.0 Å². The first-order valence-corrected chi connectivity index (χ1v) is 12.1. The molecule has 0 heterocycles. The molecule has 26 heavy (non-hydrogen) atoms. The van der Waals surface area contributed by atoms with Crippen molar-refractivity contribution in [3.8, 4) is 0 Å². The summed E-state index contributed by atoms with van der Waals surface area (Å²) >= 11 is 0. The van der Waals surface area contributed by atoms with Gasteiger partial charge in [-0.15, -0.1) is 0 Å². The van der Waals surface area contributed by atoms with E-state index in [0.717, 1.165) is 32.1 Å². The number of rotatable bonds is 18. The predicted molar refractivity (Wildman–Crippen MR) is 105 cm³/mol. The van der Waals surface area contributed by atoms with E-state index in [9.17, 15) is 13.0 Å². The van der Waals surface area contributed by atoms with Crippen LogP contribution in [0.15, 0.2) is 0 Å². The summed E-state index contributed by atoms with van der Waals surface area (Å²) in [5, 5.41) is 0. The van der Waals surface area contributed by atoms with E-state index in [-0.39, 0.29) is 47.5 Å². The Morgan fingerprint density at radius 1 is 0.731 bits per heavy atom. The maximum absolute atomic E-state index is 11.0. The van der Waals surface area contributed by atoms with E-state index in [1.807, 2.05) is 0 Å². The second kappa shape index (κ2) is 19.2. The van der Waals surface area contributed by atoms with Crippen molar-refractivity contribution in [3.05, 3.63) is 0 Å². The molecule has 0 aromatic heterocycles. The van der Waals surface area contributed by atoms with Crippen LogP contribution in [-0.4, -0.2) is 30.9 Å². The molecule has 0 rings (SSSR count). The fourth-order valence-corrected chi connectivity index (χ4v) is 3.70. The summed E-state index contributed by atoms with van der Waals surface area (Å²) in [5.74, 6) is -0.306. The van der Waals surface area contributed by atoms with Gasteiger partial charge in [-0.05, 0) is 25.7 Å². The van der Waals surface area contributed by atoms with Crippen LogP contribution in [0.4, 0.5) is 0 Å². The largest absolute Gasteiger partial charge is 1.00 e. The third-order valence-electron chi connectivity index (χ3n) is 4.79.